The molecule has 0 aromatic heterocycles. The average Bonchev–Trinajstić information content (AvgIpc) is 2.46. The van der Waals surface area contributed by atoms with E-state index in [1.807, 2.05) is 30.3 Å². The van der Waals surface area contributed by atoms with Crippen molar-refractivity contribution in [3.05, 3.63) is 30.3 Å². The number of hydrogen-bond donors (Lipinski definition) is 0. The van der Waals surface area contributed by atoms with E-state index in [1.165, 1.54) is 32.1 Å². The molecule has 0 N–H and O–H groups in total. The van der Waals surface area contributed by atoms with Gasteiger partial charge in [-0.2, -0.15) is 0 Å². The minimum absolute atomic E-state index is 0.782. The van der Waals surface area contributed by atoms with Gasteiger partial charge in [0, 0.05) is 13.2 Å². The monoisotopic (exact) mass is 264 g/mol. The van der Waals surface area contributed by atoms with E-state index >= 15 is 0 Å². The lowest BCUT2D eigenvalue weighted by molar-refractivity contribution is 0.122. The molecule has 2 nitrogen and oxygen atoms in total. The Hall–Kier alpha value is -1.02. The predicted molar refractivity (Wildman–Crippen MR) is 80.7 cm³/mol. The fourth-order valence-electron chi connectivity index (χ4n) is 1.92. The maximum atomic E-state index is 5.62. The van der Waals surface area contributed by atoms with E-state index in [0.717, 1.165) is 38.4 Å². The summed E-state index contributed by atoms with van der Waals surface area (Å²) in [5.74, 6) is 0.958. The zero-order chi connectivity index (χ0) is 13.6. The lowest BCUT2D eigenvalue weighted by Gasteiger charge is -2.06. The van der Waals surface area contributed by atoms with Crippen LogP contribution in [-0.4, -0.2) is 19.8 Å². The van der Waals surface area contributed by atoms with Crippen LogP contribution in [0.4, 0.5) is 0 Å². The SMILES string of the molecule is CCCCCCCOCCCCOc1ccccc1. The topological polar surface area (TPSA) is 18.5 Å². The molecule has 0 spiro atoms. The minimum Gasteiger partial charge on any atom is -0.494 e. The van der Waals surface area contributed by atoms with Crippen LogP contribution in [0.5, 0.6) is 5.75 Å². The van der Waals surface area contributed by atoms with Gasteiger partial charge in [0.2, 0.25) is 0 Å². The van der Waals surface area contributed by atoms with Gasteiger partial charge in [-0.3, -0.25) is 0 Å². The van der Waals surface area contributed by atoms with Crippen molar-refractivity contribution in [3.8, 4) is 5.75 Å². The van der Waals surface area contributed by atoms with Gasteiger partial charge in [-0.15, -0.1) is 0 Å². The molecule has 2 heteroatoms. The molecule has 0 bridgehead atoms. The molecule has 1 rings (SSSR count). The fraction of sp³-hybridized carbons (Fsp3) is 0.647. The molecular weight excluding hydrogens is 236 g/mol. The van der Waals surface area contributed by atoms with Crippen LogP contribution in [0.25, 0.3) is 0 Å². The van der Waals surface area contributed by atoms with Crippen LogP contribution in [0.2, 0.25) is 0 Å². The fourth-order valence-corrected chi connectivity index (χ4v) is 1.92. The van der Waals surface area contributed by atoms with Gasteiger partial charge in [0.15, 0.2) is 0 Å². The molecule has 0 aliphatic rings. The first kappa shape index (κ1) is 16.0. The molecule has 108 valence electrons. The molecule has 0 saturated heterocycles. The zero-order valence-electron chi connectivity index (χ0n) is 12.3. The summed E-state index contributed by atoms with van der Waals surface area (Å²) in [6.07, 6.45) is 8.68. The molecular formula is C17H28O2. The second-order valence-corrected chi connectivity index (χ2v) is 4.90. The Labute approximate surface area is 118 Å². The minimum atomic E-state index is 0.782. The van der Waals surface area contributed by atoms with E-state index < -0.39 is 0 Å². The molecule has 1 aromatic carbocycles. The highest BCUT2D eigenvalue weighted by Gasteiger charge is 1.94. The smallest absolute Gasteiger partial charge is 0.119 e. The average molecular weight is 264 g/mol. The van der Waals surface area contributed by atoms with Crippen molar-refractivity contribution in [3.63, 3.8) is 0 Å². The summed E-state index contributed by atoms with van der Waals surface area (Å²) in [5.41, 5.74) is 0. The Morgan fingerprint density at radius 2 is 1.37 bits per heavy atom. The first-order valence-corrected chi connectivity index (χ1v) is 7.69. The van der Waals surface area contributed by atoms with Crippen molar-refractivity contribution in [2.24, 2.45) is 0 Å². The summed E-state index contributed by atoms with van der Waals surface area (Å²) in [6, 6.07) is 9.98. The first-order valence-electron chi connectivity index (χ1n) is 7.69. The largest absolute Gasteiger partial charge is 0.494 e. The number of unbranched alkanes of at least 4 members (excludes halogenated alkanes) is 5. The second-order valence-electron chi connectivity index (χ2n) is 4.90. The van der Waals surface area contributed by atoms with Crippen molar-refractivity contribution >= 4 is 0 Å². The lowest BCUT2D eigenvalue weighted by Crippen LogP contribution is -2.01. The highest BCUT2D eigenvalue weighted by molar-refractivity contribution is 5.20. The van der Waals surface area contributed by atoms with E-state index in [1.54, 1.807) is 0 Å². The maximum Gasteiger partial charge on any atom is 0.119 e. The molecule has 0 saturated carbocycles. The van der Waals surface area contributed by atoms with Gasteiger partial charge in [-0.1, -0.05) is 50.8 Å². The van der Waals surface area contributed by atoms with E-state index in [0.29, 0.717) is 0 Å². The van der Waals surface area contributed by atoms with Crippen LogP contribution in [0.3, 0.4) is 0 Å². The van der Waals surface area contributed by atoms with Gasteiger partial charge in [0.05, 0.1) is 6.61 Å². The number of benzene rings is 1. The van der Waals surface area contributed by atoms with E-state index in [9.17, 15) is 0 Å². The molecule has 0 heterocycles. The van der Waals surface area contributed by atoms with E-state index in [4.69, 9.17) is 9.47 Å². The number of ether oxygens (including phenoxy) is 2. The highest BCUT2D eigenvalue weighted by Crippen LogP contribution is 2.08. The summed E-state index contributed by atoms with van der Waals surface area (Å²) in [6.45, 7) is 4.81. The van der Waals surface area contributed by atoms with Crippen LogP contribution in [0.1, 0.15) is 51.9 Å². The Morgan fingerprint density at radius 3 is 2.11 bits per heavy atom. The van der Waals surface area contributed by atoms with Gasteiger partial charge >= 0.3 is 0 Å². The van der Waals surface area contributed by atoms with Crippen LogP contribution >= 0.6 is 0 Å². The molecule has 0 amide bonds. The quantitative estimate of drug-likeness (QED) is 0.503. The summed E-state index contributed by atoms with van der Waals surface area (Å²) in [7, 11) is 0. The van der Waals surface area contributed by atoms with Gasteiger partial charge in [-0.25, -0.2) is 0 Å². The third-order valence-electron chi connectivity index (χ3n) is 3.09. The van der Waals surface area contributed by atoms with Gasteiger partial charge in [0.25, 0.3) is 0 Å². The van der Waals surface area contributed by atoms with Gasteiger partial charge < -0.3 is 9.47 Å². The van der Waals surface area contributed by atoms with E-state index in [-0.39, 0.29) is 0 Å². The maximum absolute atomic E-state index is 5.62. The molecule has 0 radical (unpaired) electrons. The number of para-hydroxylation sites is 1. The summed E-state index contributed by atoms with van der Waals surface area (Å²) >= 11 is 0. The van der Waals surface area contributed by atoms with Crippen LogP contribution < -0.4 is 4.74 Å². The predicted octanol–water partition coefficient (Wildman–Crippen LogP) is 4.83. The highest BCUT2D eigenvalue weighted by atomic mass is 16.5. The van der Waals surface area contributed by atoms with Gasteiger partial charge in [-0.05, 0) is 31.4 Å². The summed E-state index contributed by atoms with van der Waals surface area (Å²) in [4.78, 5) is 0. The normalized spacial score (nSPS) is 10.6. The number of rotatable bonds is 12. The molecule has 0 atom stereocenters. The standard InChI is InChI=1S/C17H28O2/c1-2-3-4-5-9-14-18-15-10-11-16-19-17-12-7-6-8-13-17/h6-8,12-13H,2-5,9-11,14-16H2,1H3. The number of hydrogen-bond acceptors (Lipinski definition) is 2. The molecule has 0 unspecified atom stereocenters. The molecule has 0 aliphatic carbocycles. The lowest BCUT2D eigenvalue weighted by atomic mass is 10.2. The van der Waals surface area contributed by atoms with Crippen molar-refractivity contribution < 1.29 is 9.47 Å². The Kier molecular flexibility index (Phi) is 10.2. The molecule has 19 heavy (non-hydrogen) atoms. The van der Waals surface area contributed by atoms with Crippen molar-refractivity contribution in [2.45, 2.75) is 51.9 Å². The van der Waals surface area contributed by atoms with Crippen molar-refractivity contribution in [2.75, 3.05) is 19.8 Å². The third kappa shape index (κ3) is 9.54. The Bertz CT molecular complexity index is 285. The molecule has 0 aliphatic heterocycles. The first-order chi connectivity index (χ1) is 9.43. The van der Waals surface area contributed by atoms with Crippen molar-refractivity contribution in [1.82, 2.24) is 0 Å². The van der Waals surface area contributed by atoms with Crippen LogP contribution in [0.15, 0.2) is 30.3 Å². The van der Waals surface area contributed by atoms with Crippen LogP contribution in [0, 0.1) is 0 Å². The Morgan fingerprint density at radius 1 is 0.737 bits per heavy atom. The van der Waals surface area contributed by atoms with E-state index in [2.05, 4.69) is 6.92 Å². The summed E-state index contributed by atoms with van der Waals surface area (Å²) in [5, 5.41) is 0. The van der Waals surface area contributed by atoms with Gasteiger partial charge in [0.1, 0.15) is 5.75 Å². The third-order valence-corrected chi connectivity index (χ3v) is 3.09. The Balaban J connectivity index is 1.79. The zero-order valence-corrected chi connectivity index (χ0v) is 12.3. The molecule has 1 aromatic rings. The van der Waals surface area contributed by atoms with Crippen LogP contribution in [-0.2, 0) is 4.74 Å². The van der Waals surface area contributed by atoms with Crippen molar-refractivity contribution in [1.29, 1.82) is 0 Å². The second kappa shape index (κ2) is 12.0. The molecule has 0 fully saturated rings. The summed E-state index contributed by atoms with van der Waals surface area (Å²) < 4.78 is 11.2.